The van der Waals surface area contributed by atoms with Crippen LogP contribution in [-0.4, -0.2) is 15.6 Å². The Morgan fingerprint density at radius 3 is 2.87 bits per heavy atom. The molecule has 1 fully saturated rings. The number of nitrogens with zero attached hydrogens (tertiary/aromatic N) is 1. The highest BCUT2D eigenvalue weighted by Crippen LogP contribution is 2.32. The van der Waals surface area contributed by atoms with E-state index in [1.165, 1.54) is 23.5 Å². The van der Waals surface area contributed by atoms with Gasteiger partial charge in [-0.15, -0.1) is 0 Å². The number of hydrogen-bond donors (Lipinski definition) is 1. The quantitative estimate of drug-likeness (QED) is 0.810. The molecule has 0 atom stereocenters. The van der Waals surface area contributed by atoms with Crippen molar-refractivity contribution in [2.75, 3.05) is 0 Å². The number of carboxylic acid groups (broad SMARTS) is 1. The maximum Gasteiger partial charge on any atom is 0.341 e. The van der Waals surface area contributed by atoms with E-state index in [4.69, 9.17) is 5.11 Å². The fourth-order valence-corrected chi connectivity index (χ4v) is 1.60. The van der Waals surface area contributed by atoms with Crippen LogP contribution < -0.4 is 5.56 Å². The molecule has 0 aliphatic heterocycles. The van der Waals surface area contributed by atoms with Crippen molar-refractivity contribution in [1.82, 2.24) is 4.57 Å². The molecule has 0 radical (unpaired) electrons. The minimum absolute atomic E-state index is 0.145. The number of carboxylic acids is 1. The summed E-state index contributed by atoms with van der Waals surface area (Å²) in [6.07, 6.45) is 5.11. The maximum absolute atomic E-state index is 11.6. The predicted octanol–water partition coefficient (Wildman–Crippen LogP) is 1.35. The van der Waals surface area contributed by atoms with Gasteiger partial charge in [0.25, 0.3) is 5.56 Å². The number of carbonyl (C=O) groups is 1. The van der Waals surface area contributed by atoms with Crippen molar-refractivity contribution in [2.45, 2.75) is 25.8 Å². The molecule has 0 spiro atoms. The molecule has 1 aromatic heterocycles. The molecule has 80 valence electrons. The van der Waals surface area contributed by atoms with Gasteiger partial charge in [-0.2, -0.15) is 0 Å². The number of aryl methyl sites for hydroxylation is 1. The van der Waals surface area contributed by atoms with Crippen LogP contribution in [0.3, 0.4) is 0 Å². The Morgan fingerprint density at radius 2 is 2.27 bits per heavy atom. The van der Waals surface area contributed by atoms with Crippen LogP contribution in [0.5, 0.6) is 0 Å². The van der Waals surface area contributed by atoms with E-state index in [0.717, 1.165) is 12.3 Å². The molecule has 1 saturated carbocycles. The second-order valence-electron chi connectivity index (χ2n) is 3.96. The molecule has 0 aromatic carbocycles. The lowest BCUT2D eigenvalue weighted by Crippen LogP contribution is -2.25. The third-order valence-corrected chi connectivity index (χ3v) is 2.73. The van der Waals surface area contributed by atoms with Gasteiger partial charge in [0.05, 0.1) is 0 Å². The lowest BCUT2D eigenvalue weighted by molar-refractivity contribution is 0.0694. The molecule has 1 aliphatic rings. The van der Waals surface area contributed by atoms with Gasteiger partial charge in [-0.1, -0.05) is 12.8 Å². The minimum atomic E-state index is -1.15. The summed E-state index contributed by atoms with van der Waals surface area (Å²) in [6, 6.07) is 2.95. The fraction of sp³-hybridized carbons (Fsp3) is 0.455. The molecule has 4 heteroatoms. The average molecular weight is 207 g/mol. The summed E-state index contributed by atoms with van der Waals surface area (Å²) in [5.74, 6) is -0.411. The fourth-order valence-electron chi connectivity index (χ4n) is 1.60. The molecular formula is C11H13NO3. The van der Waals surface area contributed by atoms with Crippen LogP contribution in [0.1, 0.15) is 29.6 Å². The number of aromatic carboxylic acids is 1. The molecule has 15 heavy (non-hydrogen) atoms. The Morgan fingerprint density at radius 1 is 1.53 bits per heavy atom. The van der Waals surface area contributed by atoms with Crippen molar-refractivity contribution in [3.8, 4) is 0 Å². The molecule has 0 amide bonds. The Balaban J connectivity index is 2.18. The van der Waals surface area contributed by atoms with Crippen molar-refractivity contribution in [1.29, 1.82) is 0 Å². The molecule has 1 N–H and O–H groups in total. The summed E-state index contributed by atoms with van der Waals surface area (Å²) >= 11 is 0. The smallest absolute Gasteiger partial charge is 0.341 e. The van der Waals surface area contributed by atoms with Crippen LogP contribution in [0.15, 0.2) is 23.1 Å². The van der Waals surface area contributed by atoms with Gasteiger partial charge >= 0.3 is 5.97 Å². The van der Waals surface area contributed by atoms with Crippen LogP contribution in [0.2, 0.25) is 0 Å². The minimum Gasteiger partial charge on any atom is -0.477 e. The average Bonchev–Trinajstić information content (AvgIpc) is 2.99. The largest absolute Gasteiger partial charge is 0.477 e. The summed E-state index contributed by atoms with van der Waals surface area (Å²) in [6.45, 7) is 0.630. The molecule has 0 bridgehead atoms. The first-order valence-corrected chi connectivity index (χ1v) is 5.11. The number of pyridine rings is 1. The topological polar surface area (TPSA) is 59.3 Å². The molecule has 1 heterocycles. The highest BCUT2D eigenvalue weighted by Gasteiger charge is 2.21. The third-order valence-electron chi connectivity index (χ3n) is 2.73. The number of aromatic nitrogens is 1. The van der Waals surface area contributed by atoms with Gasteiger partial charge in [-0.05, 0) is 24.5 Å². The third kappa shape index (κ3) is 2.26. The van der Waals surface area contributed by atoms with Crippen molar-refractivity contribution in [2.24, 2.45) is 5.92 Å². The van der Waals surface area contributed by atoms with E-state index in [0.29, 0.717) is 6.54 Å². The number of hydrogen-bond acceptors (Lipinski definition) is 2. The van der Waals surface area contributed by atoms with E-state index < -0.39 is 11.5 Å². The summed E-state index contributed by atoms with van der Waals surface area (Å²) in [5.41, 5.74) is -0.543. The van der Waals surface area contributed by atoms with E-state index in [1.54, 1.807) is 12.3 Å². The summed E-state index contributed by atoms with van der Waals surface area (Å²) in [5, 5.41) is 8.77. The van der Waals surface area contributed by atoms with E-state index in [2.05, 4.69) is 0 Å². The Bertz CT molecular complexity index is 432. The summed E-state index contributed by atoms with van der Waals surface area (Å²) in [7, 11) is 0. The SMILES string of the molecule is O=C(O)c1cccn(CCC2CC2)c1=O. The molecular weight excluding hydrogens is 194 g/mol. The van der Waals surface area contributed by atoms with E-state index in [1.807, 2.05) is 0 Å². The van der Waals surface area contributed by atoms with Gasteiger partial charge in [0.1, 0.15) is 5.56 Å². The van der Waals surface area contributed by atoms with Gasteiger partial charge in [-0.25, -0.2) is 4.79 Å². The van der Waals surface area contributed by atoms with Gasteiger partial charge < -0.3 is 9.67 Å². The highest BCUT2D eigenvalue weighted by atomic mass is 16.4. The summed E-state index contributed by atoms with van der Waals surface area (Å²) < 4.78 is 1.49. The van der Waals surface area contributed by atoms with Crippen molar-refractivity contribution in [3.05, 3.63) is 34.2 Å². The second-order valence-corrected chi connectivity index (χ2v) is 3.96. The van der Waals surface area contributed by atoms with Gasteiger partial charge in [0, 0.05) is 12.7 Å². The predicted molar refractivity (Wildman–Crippen MR) is 55.0 cm³/mol. The zero-order valence-corrected chi connectivity index (χ0v) is 8.35. The monoisotopic (exact) mass is 207 g/mol. The first-order valence-electron chi connectivity index (χ1n) is 5.11. The lowest BCUT2D eigenvalue weighted by Gasteiger charge is -2.05. The highest BCUT2D eigenvalue weighted by molar-refractivity contribution is 5.86. The molecule has 1 aliphatic carbocycles. The zero-order valence-electron chi connectivity index (χ0n) is 8.35. The van der Waals surface area contributed by atoms with Crippen LogP contribution in [0.25, 0.3) is 0 Å². The lowest BCUT2D eigenvalue weighted by atomic mass is 10.2. The van der Waals surface area contributed by atoms with Crippen LogP contribution in [-0.2, 0) is 6.54 Å². The van der Waals surface area contributed by atoms with Crippen LogP contribution in [0, 0.1) is 5.92 Å². The normalized spacial score (nSPS) is 15.2. The van der Waals surface area contributed by atoms with Crippen LogP contribution >= 0.6 is 0 Å². The van der Waals surface area contributed by atoms with E-state index >= 15 is 0 Å². The molecule has 2 rings (SSSR count). The molecule has 0 unspecified atom stereocenters. The standard InChI is InChI=1S/C11H13NO3/c13-10-9(11(14)15)2-1-6-12(10)7-5-8-3-4-8/h1-2,6,8H,3-5,7H2,(H,14,15). The summed E-state index contributed by atoms with van der Waals surface area (Å²) in [4.78, 5) is 22.3. The Kier molecular flexibility index (Phi) is 2.58. The second kappa shape index (κ2) is 3.88. The van der Waals surface area contributed by atoms with Crippen molar-refractivity contribution < 1.29 is 9.90 Å². The van der Waals surface area contributed by atoms with Gasteiger partial charge in [0.2, 0.25) is 0 Å². The Hall–Kier alpha value is -1.58. The van der Waals surface area contributed by atoms with Crippen molar-refractivity contribution >= 4 is 5.97 Å². The maximum atomic E-state index is 11.6. The molecule has 1 aromatic rings. The van der Waals surface area contributed by atoms with Crippen molar-refractivity contribution in [3.63, 3.8) is 0 Å². The van der Waals surface area contributed by atoms with Gasteiger partial charge in [-0.3, -0.25) is 4.79 Å². The Labute approximate surface area is 87.2 Å². The first-order chi connectivity index (χ1) is 7.18. The van der Waals surface area contributed by atoms with E-state index in [9.17, 15) is 9.59 Å². The molecule has 0 saturated heterocycles. The number of rotatable bonds is 4. The van der Waals surface area contributed by atoms with Crippen LogP contribution in [0.4, 0.5) is 0 Å². The van der Waals surface area contributed by atoms with Gasteiger partial charge in [0.15, 0.2) is 0 Å². The van der Waals surface area contributed by atoms with E-state index in [-0.39, 0.29) is 5.56 Å². The first kappa shape index (κ1) is 9.96. The molecule has 4 nitrogen and oxygen atoms in total. The zero-order chi connectivity index (χ0) is 10.8.